The average Bonchev–Trinajstić information content (AvgIpc) is 3.24. The van der Waals surface area contributed by atoms with Crippen LogP contribution in [0.5, 0.6) is 0 Å². The number of anilines is 1. The highest BCUT2D eigenvalue weighted by atomic mass is 32.1. The largest absolute Gasteiger partial charge is 0.354 e. The van der Waals surface area contributed by atoms with Crippen molar-refractivity contribution in [1.29, 1.82) is 0 Å². The van der Waals surface area contributed by atoms with Gasteiger partial charge in [-0.2, -0.15) is 5.10 Å². The number of rotatable bonds is 3. The highest BCUT2D eigenvalue weighted by Crippen LogP contribution is 2.24. The molecule has 2 aliphatic rings. The van der Waals surface area contributed by atoms with Crippen LogP contribution < -0.4 is 10.2 Å². The zero-order valence-electron chi connectivity index (χ0n) is 10.8. The minimum Gasteiger partial charge on any atom is -0.354 e. The molecule has 1 aliphatic carbocycles. The molecule has 2 heterocycles. The van der Waals surface area contributed by atoms with E-state index in [0.29, 0.717) is 10.7 Å². The van der Waals surface area contributed by atoms with Crippen LogP contribution in [0.3, 0.4) is 0 Å². The third-order valence-electron chi connectivity index (χ3n) is 3.70. The van der Waals surface area contributed by atoms with E-state index in [0.717, 1.165) is 44.6 Å². The number of carbonyl (C=O) groups is 1. The van der Waals surface area contributed by atoms with Gasteiger partial charge in [0.25, 0.3) is 0 Å². The fourth-order valence-electron chi connectivity index (χ4n) is 2.46. The minimum atomic E-state index is 0.0827. The molecule has 1 atom stereocenters. The van der Waals surface area contributed by atoms with E-state index in [2.05, 4.69) is 20.4 Å². The molecule has 0 spiro atoms. The molecule has 1 aromatic heterocycles. The van der Waals surface area contributed by atoms with Crippen molar-refractivity contribution in [1.82, 2.24) is 15.5 Å². The molecule has 5 nitrogen and oxygen atoms in total. The normalized spacial score (nSPS) is 23.2. The van der Waals surface area contributed by atoms with Crippen molar-refractivity contribution in [3.63, 3.8) is 0 Å². The smallest absolute Gasteiger partial charge is 0.225 e. The van der Waals surface area contributed by atoms with Crippen LogP contribution in [0.2, 0.25) is 0 Å². The number of aromatic nitrogens is 2. The first-order chi connectivity index (χ1) is 9.22. The molecule has 1 amide bonds. The molecule has 19 heavy (non-hydrogen) atoms. The fraction of sp³-hybridized carbons (Fsp3) is 0.615. The summed E-state index contributed by atoms with van der Waals surface area (Å²) in [5.41, 5.74) is 0. The zero-order valence-corrected chi connectivity index (χ0v) is 11.6. The number of carbonyl (C=O) groups excluding carboxylic acids is 1. The number of H-pyrrole nitrogens is 1. The average molecular weight is 278 g/mol. The van der Waals surface area contributed by atoms with Crippen LogP contribution in [-0.4, -0.2) is 35.2 Å². The topological polar surface area (TPSA) is 61.0 Å². The van der Waals surface area contributed by atoms with Gasteiger partial charge in [-0.1, -0.05) is 12.2 Å². The van der Waals surface area contributed by atoms with E-state index in [1.807, 2.05) is 12.1 Å². The molecule has 3 rings (SSSR count). The SMILES string of the molecule is O=C(NC1CC1)[C@H]1CCCN(c2ccc(=S)[nH]n2)C1. The number of amides is 1. The molecule has 6 heteroatoms. The summed E-state index contributed by atoms with van der Waals surface area (Å²) < 4.78 is 0.629. The minimum absolute atomic E-state index is 0.0827. The molecule has 102 valence electrons. The number of aromatic amines is 1. The Bertz CT molecular complexity index is 505. The Morgan fingerprint density at radius 2 is 2.26 bits per heavy atom. The number of nitrogens with zero attached hydrogens (tertiary/aromatic N) is 2. The maximum absolute atomic E-state index is 12.1. The van der Waals surface area contributed by atoms with E-state index in [9.17, 15) is 4.79 Å². The standard InChI is InChI=1S/C13H18N4OS/c18-13(14-10-3-4-10)9-2-1-7-17(8-9)11-5-6-12(19)16-15-11/h5-6,9-10H,1-4,7-8H2,(H,14,18)(H,16,19)/t9-/m0/s1. The highest BCUT2D eigenvalue weighted by molar-refractivity contribution is 7.71. The van der Waals surface area contributed by atoms with Gasteiger partial charge in [-0.3, -0.25) is 9.89 Å². The van der Waals surface area contributed by atoms with Crippen molar-refractivity contribution < 1.29 is 4.79 Å². The van der Waals surface area contributed by atoms with Crippen LogP contribution in [0.15, 0.2) is 12.1 Å². The molecule has 2 N–H and O–H groups in total. The fourth-order valence-corrected chi connectivity index (χ4v) is 2.57. The molecule has 0 aromatic carbocycles. The van der Waals surface area contributed by atoms with Gasteiger partial charge in [-0.25, -0.2) is 0 Å². The highest BCUT2D eigenvalue weighted by Gasteiger charge is 2.30. The third-order valence-corrected chi connectivity index (χ3v) is 3.93. The lowest BCUT2D eigenvalue weighted by molar-refractivity contribution is -0.125. The Morgan fingerprint density at radius 3 is 2.95 bits per heavy atom. The molecular formula is C13H18N4OS. The van der Waals surface area contributed by atoms with E-state index in [-0.39, 0.29) is 11.8 Å². The van der Waals surface area contributed by atoms with Gasteiger partial charge < -0.3 is 10.2 Å². The van der Waals surface area contributed by atoms with Crippen LogP contribution in [0.1, 0.15) is 25.7 Å². The molecule has 0 unspecified atom stereocenters. The summed E-state index contributed by atoms with van der Waals surface area (Å²) in [4.78, 5) is 14.3. The first-order valence-electron chi connectivity index (χ1n) is 6.83. The van der Waals surface area contributed by atoms with Gasteiger partial charge in [0.15, 0.2) is 0 Å². The van der Waals surface area contributed by atoms with Crippen molar-refractivity contribution in [3.05, 3.63) is 16.8 Å². The van der Waals surface area contributed by atoms with Crippen molar-refractivity contribution in [2.45, 2.75) is 31.7 Å². The van der Waals surface area contributed by atoms with Crippen LogP contribution >= 0.6 is 12.2 Å². The number of hydrogen-bond donors (Lipinski definition) is 2. The number of nitrogens with one attached hydrogen (secondary N) is 2. The van der Waals surface area contributed by atoms with Gasteiger partial charge in [-0.15, -0.1) is 0 Å². The Morgan fingerprint density at radius 1 is 1.42 bits per heavy atom. The van der Waals surface area contributed by atoms with Gasteiger partial charge in [0.05, 0.1) is 5.92 Å². The Balaban J connectivity index is 1.65. The molecule has 1 saturated heterocycles. The van der Waals surface area contributed by atoms with Crippen LogP contribution in [-0.2, 0) is 4.79 Å². The Labute approximate surface area is 117 Å². The molecule has 1 aromatic rings. The predicted octanol–water partition coefficient (Wildman–Crippen LogP) is 1.63. The summed E-state index contributed by atoms with van der Waals surface area (Å²) in [7, 11) is 0. The van der Waals surface area contributed by atoms with Crippen molar-refractivity contribution >= 4 is 23.9 Å². The monoisotopic (exact) mass is 278 g/mol. The predicted molar refractivity (Wildman–Crippen MR) is 75.5 cm³/mol. The quantitative estimate of drug-likeness (QED) is 0.825. The van der Waals surface area contributed by atoms with Crippen LogP contribution in [0, 0.1) is 10.6 Å². The first kappa shape index (κ1) is 12.6. The maximum atomic E-state index is 12.1. The summed E-state index contributed by atoms with van der Waals surface area (Å²) in [6.07, 6.45) is 4.27. The van der Waals surface area contributed by atoms with Crippen molar-refractivity contribution in [2.75, 3.05) is 18.0 Å². The van der Waals surface area contributed by atoms with Gasteiger partial charge in [0.1, 0.15) is 10.5 Å². The summed E-state index contributed by atoms with van der Waals surface area (Å²) in [6, 6.07) is 4.19. The first-order valence-corrected chi connectivity index (χ1v) is 7.24. The molecule has 1 saturated carbocycles. The number of piperidine rings is 1. The van der Waals surface area contributed by atoms with E-state index < -0.39 is 0 Å². The van der Waals surface area contributed by atoms with Gasteiger partial charge in [-0.05, 0) is 37.8 Å². The maximum Gasteiger partial charge on any atom is 0.225 e. The van der Waals surface area contributed by atoms with E-state index in [4.69, 9.17) is 12.2 Å². The van der Waals surface area contributed by atoms with E-state index in [1.54, 1.807) is 0 Å². The van der Waals surface area contributed by atoms with Gasteiger partial charge in [0.2, 0.25) is 5.91 Å². The summed E-state index contributed by atoms with van der Waals surface area (Å²) in [5, 5.41) is 10.1. The lowest BCUT2D eigenvalue weighted by Gasteiger charge is -2.32. The molecule has 2 fully saturated rings. The lowest BCUT2D eigenvalue weighted by atomic mass is 9.97. The second kappa shape index (κ2) is 5.28. The molecular weight excluding hydrogens is 260 g/mol. The van der Waals surface area contributed by atoms with Crippen molar-refractivity contribution in [2.24, 2.45) is 5.92 Å². The molecule has 1 aliphatic heterocycles. The van der Waals surface area contributed by atoms with Crippen LogP contribution in [0.4, 0.5) is 5.82 Å². The Kier molecular flexibility index (Phi) is 3.50. The zero-order chi connectivity index (χ0) is 13.2. The van der Waals surface area contributed by atoms with Crippen LogP contribution in [0.25, 0.3) is 0 Å². The van der Waals surface area contributed by atoms with E-state index in [1.165, 1.54) is 0 Å². The lowest BCUT2D eigenvalue weighted by Crippen LogP contribution is -2.44. The second-order valence-corrected chi connectivity index (χ2v) is 5.79. The Hall–Kier alpha value is -1.43. The molecule has 0 radical (unpaired) electrons. The summed E-state index contributed by atoms with van der Waals surface area (Å²) in [5.74, 6) is 1.16. The molecule has 0 bridgehead atoms. The van der Waals surface area contributed by atoms with Crippen molar-refractivity contribution in [3.8, 4) is 0 Å². The van der Waals surface area contributed by atoms with E-state index >= 15 is 0 Å². The number of hydrogen-bond acceptors (Lipinski definition) is 4. The summed E-state index contributed by atoms with van der Waals surface area (Å²) in [6.45, 7) is 1.70. The third kappa shape index (κ3) is 3.12. The second-order valence-electron chi connectivity index (χ2n) is 5.35. The summed E-state index contributed by atoms with van der Waals surface area (Å²) >= 11 is 4.99. The van der Waals surface area contributed by atoms with Gasteiger partial charge >= 0.3 is 0 Å². The van der Waals surface area contributed by atoms with Gasteiger partial charge in [0, 0.05) is 19.1 Å².